The molecule has 0 aliphatic rings. The molecule has 19 heteroatoms. The lowest BCUT2D eigenvalue weighted by molar-refractivity contribution is 0.524. The first-order valence-electron chi connectivity index (χ1n) is 30.8. The zero-order valence-electron chi connectivity index (χ0n) is 57.3. The Morgan fingerprint density at radius 1 is 0.266 bits per heavy atom. The molecule has 12 aromatic rings. The van der Waals surface area contributed by atoms with Gasteiger partial charge in [0.05, 0.1) is 29.4 Å². The van der Waals surface area contributed by atoms with E-state index in [2.05, 4.69) is 138 Å². The Hall–Kier alpha value is -9.91. The molecule has 0 saturated carbocycles. The summed E-state index contributed by atoms with van der Waals surface area (Å²) in [5.41, 5.74) is 39.7. The summed E-state index contributed by atoms with van der Waals surface area (Å²) in [6, 6.07) is 31.7. The van der Waals surface area contributed by atoms with Gasteiger partial charge in [-0.25, -0.2) is 32.5 Å². The van der Waals surface area contributed by atoms with Gasteiger partial charge >= 0.3 is 0 Å². The van der Waals surface area contributed by atoms with Crippen molar-refractivity contribution in [3.8, 4) is 0 Å². The maximum absolute atomic E-state index is 13.9. The molecule has 94 heavy (non-hydrogen) atoms. The van der Waals surface area contributed by atoms with Gasteiger partial charge in [-0.2, -0.15) is 15.3 Å². The van der Waals surface area contributed by atoms with Crippen molar-refractivity contribution in [3.05, 3.63) is 197 Å². The van der Waals surface area contributed by atoms with Gasteiger partial charge in [0, 0.05) is 56.3 Å². The van der Waals surface area contributed by atoms with E-state index >= 15 is 0 Å². The van der Waals surface area contributed by atoms with Gasteiger partial charge in [0.15, 0.2) is 17.5 Å². The monoisotopic (exact) mass is 1280 g/mol. The molecule has 0 amide bonds. The van der Waals surface area contributed by atoms with Crippen LogP contribution in [-0.2, 0) is 32.5 Å². The van der Waals surface area contributed by atoms with Crippen molar-refractivity contribution < 1.29 is 17.6 Å². The molecule has 0 atom stereocenters. The minimum atomic E-state index is -0.338. The summed E-state index contributed by atoms with van der Waals surface area (Å²) >= 11 is 0. The van der Waals surface area contributed by atoms with Crippen LogP contribution in [0.1, 0.15) is 158 Å². The highest BCUT2D eigenvalue weighted by atomic mass is 19.1. The first-order valence-corrected chi connectivity index (χ1v) is 30.8. The van der Waals surface area contributed by atoms with Crippen LogP contribution in [0.5, 0.6) is 0 Å². The number of fused-ring (bicyclic) bond motifs is 6. The molecule has 0 fully saturated rings. The predicted molar refractivity (Wildman–Crippen MR) is 382 cm³/mol. The zero-order valence-corrected chi connectivity index (χ0v) is 57.3. The second kappa shape index (κ2) is 27.7. The summed E-state index contributed by atoms with van der Waals surface area (Å²) in [5.74, 6) is 1.00. The highest BCUT2D eigenvalue weighted by molar-refractivity contribution is 5.95. The fourth-order valence-corrected chi connectivity index (χ4v) is 10.1. The standard InChI is InChI=1S/2C13H15FN2.C13H16N2.2C12H14FN3.C12H15N3/c1-13(2,3)10-6-8-4-5-16-12(15)9(8)7-11(10)14;1-13(2,3)9-6-8-4-5-16-12(15)11(8)10(14)7-9;1-13(2,3)10-4-5-11-9(8-10)6-7-15-12(11)14;1-12(2,3)9-4-7-6-15-16-11(14)8(7)5-10(9)13;1-12(2,3)8-4-7-6-15-16-11(14)10(7)9(13)5-8;1-12(2,3)9-4-5-10-8(6-9)7-14-15-11(10)13/h2*4-7H,1-3H3,(H2,15,16);4-8H,1-3H3,(H2,14,15);2*4-6H,1-3H3,(H2,14,16);4-7H,1-3H3,(H2,13,15). The van der Waals surface area contributed by atoms with E-state index in [0.29, 0.717) is 55.5 Å². The SMILES string of the molecule is CC(C)(C)c1cc(F)c2c(N)nccc2c1.CC(C)(C)c1cc(F)c2c(N)nncc2c1.CC(C)(C)c1cc2ccnc(N)c2cc1F.CC(C)(C)c1cc2cnnc(N)c2cc1F.CC(C)(C)c1ccc2c(N)nccc2c1.CC(C)(C)c1ccc2c(N)nncc2c1. The van der Waals surface area contributed by atoms with Crippen molar-refractivity contribution >= 4 is 99.5 Å². The number of nitrogens with zero attached hydrogens (tertiary/aromatic N) is 9. The first kappa shape index (κ1) is 71.5. The molecular weight excluding hydrogens is 1190 g/mol. The van der Waals surface area contributed by atoms with Gasteiger partial charge < -0.3 is 34.4 Å². The van der Waals surface area contributed by atoms with E-state index in [4.69, 9.17) is 34.4 Å². The molecule has 0 aliphatic heterocycles. The normalized spacial score (nSPS) is 12.0. The molecule has 0 saturated heterocycles. The summed E-state index contributed by atoms with van der Waals surface area (Å²) in [4.78, 5) is 11.9. The van der Waals surface area contributed by atoms with E-state index in [0.717, 1.165) is 48.8 Å². The Balaban J connectivity index is 0.000000160. The minimum absolute atomic E-state index is 0.0763. The van der Waals surface area contributed by atoms with Gasteiger partial charge in [-0.15, -0.1) is 15.3 Å². The first-order chi connectivity index (χ1) is 43.5. The molecule has 492 valence electrons. The lowest BCUT2D eigenvalue weighted by Gasteiger charge is -2.20. The Labute approximate surface area is 548 Å². The molecule has 0 unspecified atom stereocenters. The topological polar surface area (TPSA) is 272 Å². The Morgan fingerprint density at radius 3 is 1.04 bits per heavy atom. The third-order valence-electron chi connectivity index (χ3n) is 15.8. The number of anilines is 6. The van der Waals surface area contributed by atoms with Crippen LogP contribution in [0.25, 0.3) is 64.6 Å². The maximum atomic E-state index is 13.9. The molecule has 6 heterocycles. The number of nitrogen functional groups attached to an aromatic ring is 6. The van der Waals surface area contributed by atoms with Gasteiger partial charge in [0.2, 0.25) is 0 Å². The van der Waals surface area contributed by atoms with Crippen molar-refractivity contribution in [3.63, 3.8) is 0 Å². The van der Waals surface area contributed by atoms with Crippen LogP contribution >= 0.6 is 0 Å². The molecule has 15 nitrogen and oxygen atoms in total. The van der Waals surface area contributed by atoms with Gasteiger partial charge in [-0.3, -0.25) is 0 Å². The summed E-state index contributed by atoms with van der Waals surface area (Å²) < 4.78 is 55.6. The average Bonchev–Trinajstić information content (AvgIpc) is 0.829. The van der Waals surface area contributed by atoms with Gasteiger partial charge in [0.1, 0.15) is 40.7 Å². The van der Waals surface area contributed by atoms with Crippen molar-refractivity contribution in [2.75, 3.05) is 34.4 Å². The fourth-order valence-electron chi connectivity index (χ4n) is 10.1. The molecule has 0 aliphatic carbocycles. The fraction of sp³-hybridized carbons (Fsp3) is 0.320. The second-order valence-electron chi connectivity index (χ2n) is 29.5. The van der Waals surface area contributed by atoms with Crippen molar-refractivity contribution in [2.24, 2.45) is 0 Å². The number of hydrogen-bond acceptors (Lipinski definition) is 15. The third kappa shape index (κ3) is 17.4. The molecular formula is C75H89F4N15. The summed E-state index contributed by atoms with van der Waals surface area (Å²) in [6.07, 6.45) is 9.88. The predicted octanol–water partition coefficient (Wildman–Crippen LogP) is 17.4. The van der Waals surface area contributed by atoms with E-state index < -0.39 is 0 Å². The molecule has 0 radical (unpaired) electrons. The van der Waals surface area contributed by atoms with Gasteiger partial charge in [-0.05, 0) is 149 Å². The van der Waals surface area contributed by atoms with Crippen LogP contribution in [0.15, 0.2) is 140 Å². The lowest BCUT2D eigenvalue weighted by atomic mass is 9.85. The largest absolute Gasteiger partial charge is 0.383 e. The lowest BCUT2D eigenvalue weighted by Crippen LogP contribution is -2.13. The molecule has 0 spiro atoms. The van der Waals surface area contributed by atoms with Crippen LogP contribution in [0.3, 0.4) is 0 Å². The summed E-state index contributed by atoms with van der Waals surface area (Å²) in [5, 5.41) is 32.0. The molecule has 0 bridgehead atoms. The van der Waals surface area contributed by atoms with Crippen LogP contribution in [-0.4, -0.2) is 45.5 Å². The summed E-state index contributed by atoms with van der Waals surface area (Å²) in [7, 11) is 0. The van der Waals surface area contributed by atoms with Crippen molar-refractivity contribution in [1.82, 2.24) is 45.5 Å². The number of hydrogen-bond donors (Lipinski definition) is 6. The van der Waals surface area contributed by atoms with Gasteiger partial charge in [-0.1, -0.05) is 161 Å². The minimum Gasteiger partial charge on any atom is -0.383 e. The van der Waals surface area contributed by atoms with E-state index in [1.54, 1.807) is 49.2 Å². The van der Waals surface area contributed by atoms with Gasteiger partial charge in [0.25, 0.3) is 0 Å². The number of rotatable bonds is 0. The number of halogens is 4. The van der Waals surface area contributed by atoms with E-state index in [1.807, 2.05) is 98.7 Å². The van der Waals surface area contributed by atoms with E-state index in [1.165, 1.54) is 35.5 Å². The van der Waals surface area contributed by atoms with Crippen LogP contribution in [0, 0.1) is 23.3 Å². The molecule has 6 aromatic carbocycles. The van der Waals surface area contributed by atoms with E-state index in [-0.39, 0.29) is 73.2 Å². The number of benzene rings is 6. The van der Waals surface area contributed by atoms with Crippen LogP contribution in [0.4, 0.5) is 52.5 Å². The quantitative estimate of drug-likeness (QED) is 0.0771. The Morgan fingerprint density at radius 2 is 0.585 bits per heavy atom. The maximum Gasteiger partial charge on any atom is 0.156 e. The van der Waals surface area contributed by atoms with E-state index in [9.17, 15) is 17.6 Å². The number of aromatic nitrogens is 9. The Kier molecular flexibility index (Phi) is 21.1. The van der Waals surface area contributed by atoms with Crippen LogP contribution < -0.4 is 34.4 Å². The van der Waals surface area contributed by atoms with Crippen LogP contribution in [0.2, 0.25) is 0 Å². The molecule has 6 aromatic heterocycles. The smallest absolute Gasteiger partial charge is 0.156 e. The Bertz CT molecular complexity index is 4410. The molecule has 12 N–H and O–H groups in total. The highest BCUT2D eigenvalue weighted by Crippen LogP contribution is 2.35. The second-order valence-corrected chi connectivity index (χ2v) is 29.5. The third-order valence-corrected chi connectivity index (χ3v) is 15.8. The molecule has 12 rings (SSSR count). The zero-order chi connectivity index (χ0) is 69.8. The average molecular weight is 1280 g/mol. The van der Waals surface area contributed by atoms with Crippen molar-refractivity contribution in [2.45, 2.75) is 157 Å². The highest BCUT2D eigenvalue weighted by Gasteiger charge is 2.23. The number of nitrogens with two attached hydrogens (primary N) is 6. The van der Waals surface area contributed by atoms with Crippen molar-refractivity contribution in [1.29, 1.82) is 0 Å². The summed E-state index contributed by atoms with van der Waals surface area (Å²) in [6.45, 7) is 37.3. The number of pyridine rings is 3.